The maximum absolute atomic E-state index is 14.6. The second kappa shape index (κ2) is 9.11. The van der Waals surface area contributed by atoms with Crippen LogP contribution in [0.15, 0.2) is 72.9 Å². The van der Waals surface area contributed by atoms with E-state index in [0.29, 0.717) is 46.3 Å². The fourth-order valence-electron chi connectivity index (χ4n) is 4.06. The lowest BCUT2D eigenvalue weighted by molar-refractivity contribution is -0.121. The van der Waals surface area contributed by atoms with Crippen molar-refractivity contribution in [2.24, 2.45) is 0 Å². The first-order valence-electron chi connectivity index (χ1n) is 10.7. The van der Waals surface area contributed by atoms with E-state index in [0.717, 1.165) is 5.56 Å². The van der Waals surface area contributed by atoms with E-state index in [1.807, 2.05) is 30.3 Å². The van der Waals surface area contributed by atoms with Crippen molar-refractivity contribution in [2.75, 3.05) is 0 Å². The van der Waals surface area contributed by atoms with Crippen molar-refractivity contribution in [3.8, 4) is 16.2 Å². The van der Waals surface area contributed by atoms with Crippen LogP contribution in [0.2, 0.25) is 0 Å². The van der Waals surface area contributed by atoms with Crippen molar-refractivity contribution >= 4 is 22.9 Å². The molecule has 0 saturated carbocycles. The number of carbonyl (C=O) groups is 2. The molecule has 7 heteroatoms. The van der Waals surface area contributed by atoms with Gasteiger partial charge < -0.3 is 9.30 Å². The molecule has 3 heterocycles. The van der Waals surface area contributed by atoms with Crippen LogP contribution in [0, 0.1) is 5.95 Å². The summed E-state index contributed by atoms with van der Waals surface area (Å²) >= 11 is 1.18. The van der Waals surface area contributed by atoms with Gasteiger partial charge in [0.05, 0.1) is 23.0 Å². The highest BCUT2D eigenvalue weighted by Gasteiger charge is 2.30. The molecule has 5 nitrogen and oxygen atoms in total. The van der Waals surface area contributed by atoms with E-state index in [4.69, 9.17) is 4.74 Å². The summed E-state index contributed by atoms with van der Waals surface area (Å²) in [5.41, 5.74) is 2.31. The van der Waals surface area contributed by atoms with Crippen molar-refractivity contribution in [3.63, 3.8) is 0 Å². The summed E-state index contributed by atoms with van der Waals surface area (Å²) in [6.45, 7) is 0.456. The SMILES string of the molecule is O=C1CCC(C(=O)Cc2nc(F)c(-c3ccc(OCc4ccccc4)cc3)s2)n2cccc21. The number of Topliss-reactive ketones (excluding diaryl/α,β-unsaturated/α-hetero) is 2. The molecule has 0 saturated heterocycles. The molecule has 166 valence electrons. The van der Waals surface area contributed by atoms with Crippen molar-refractivity contribution in [2.45, 2.75) is 31.9 Å². The summed E-state index contributed by atoms with van der Waals surface area (Å²) in [5.74, 6) is 0.0891. The Hall–Kier alpha value is -3.58. The molecule has 0 radical (unpaired) electrons. The quantitative estimate of drug-likeness (QED) is 0.357. The lowest BCUT2D eigenvalue weighted by Crippen LogP contribution is -2.28. The number of ketones is 2. The van der Waals surface area contributed by atoms with Crippen molar-refractivity contribution in [3.05, 3.63) is 95.1 Å². The van der Waals surface area contributed by atoms with Gasteiger partial charge in [0.25, 0.3) is 0 Å². The molecule has 0 N–H and O–H groups in total. The highest BCUT2D eigenvalue weighted by Crippen LogP contribution is 2.33. The van der Waals surface area contributed by atoms with Gasteiger partial charge in [-0.3, -0.25) is 9.59 Å². The second-order valence-electron chi connectivity index (χ2n) is 7.95. The molecule has 1 unspecified atom stereocenters. The van der Waals surface area contributed by atoms with Crippen LogP contribution in [0.1, 0.15) is 39.9 Å². The van der Waals surface area contributed by atoms with Crippen LogP contribution < -0.4 is 4.74 Å². The monoisotopic (exact) mass is 460 g/mol. The fourth-order valence-corrected chi connectivity index (χ4v) is 5.02. The highest BCUT2D eigenvalue weighted by molar-refractivity contribution is 7.15. The van der Waals surface area contributed by atoms with Gasteiger partial charge in [0, 0.05) is 12.6 Å². The third kappa shape index (κ3) is 4.50. The average Bonchev–Trinajstić information content (AvgIpc) is 3.46. The predicted molar refractivity (Wildman–Crippen MR) is 124 cm³/mol. The fraction of sp³-hybridized carbons (Fsp3) is 0.192. The van der Waals surface area contributed by atoms with Crippen LogP contribution in [-0.4, -0.2) is 21.1 Å². The lowest BCUT2D eigenvalue weighted by atomic mass is 9.97. The first kappa shape index (κ1) is 21.3. The number of halogens is 1. The summed E-state index contributed by atoms with van der Waals surface area (Å²) in [6.07, 6.45) is 2.60. The summed E-state index contributed by atoms with van der Waals surface area (Å²) in [7, 11) is 0. The van der Waals surface area contributed by atoms with Crippen LogP contribution in [-0.2, 0) is 17.8 Å². The first-order chi connectivity index (χ1) is 16.1. The number of nitrogens with zero attached hydrogens (tertiary/aromatic N) is 2. The minimum atomic E-state index is -0.582. The Morgan fingerprint density at radius 3 is 2.67 bits per heavy atom. The van der Waals surface area contributed by atoms with E-state index in [9.17, 15) is 14.0 Å². The predicted octanol–water partition coefficient (Wildman–Crippen LogP) is 5.66. The molecular weight excluding hydrogens is 439 g/mol. The zero-order valence-corrected chi connectivity index (χ0v) is 18.6. The summed E-state index contributed by atoms with van der Waals surface area (Å²) in [6, 6.07) is 20.1. The average molecular weight is 461 g/mol. The molecule has 4 aromatic rings. The highest BCUT2D eigenvalue weighted by atomic mass is 32.1. The third-order valence-electron chi connectivity index (χ3n) is 5.74. The molecule has 0 fully saturated rings. The van der Waals surface area contributed by atoms with Gasteiger partial charge in [-0.1, -0.05) is 30.3 Å². The molecular formula is C26H21FN2O3S. The van der Waals surface area contributed by atoms with E-state index in [2.05, 4.69) is 4.98 Å². The van der Waals surface area contributed by atoms with Gasteiger partial charge in [0.2, 0.25) is 5.95 Å². The minimum absolute atomic E-state index is 0.0380. The molecule has 2 aromatic heterocycles. The van der Waals surface area contributed by atoms with Crippen LogP contribution >= 0.6 is 11.3 Å². The Labute approximate surface area is 194 Å². The Morgan fingerprint density at radius 1 is 1.09 bits per heavy atom. The Bertz CT molecular complexity index is 1290. The first-order valence-corrected chi connectivity index (χ1v) is 11.6. The van der Waals surface area contributed by atoms with Crippen LogP contribution in [0.25, 0.3) is 10.4 Å². The molecule has 1 aliphatic rings. The topological polar surface area (TPSA) is 61.2 Å². The van der Waals surface area contributed by atoms with Crippen molar-refractivity contribution < 1.29 is 18.7 Å². The van der Waals surface area contributed by atoms with Gasteiger partial charge in [-0.2, -0.15) is 4.39 Å². The molecule has 0 spiro atoms. The van der Waals surface area contributed by atoms with Gasteiger partial charge in [-0.05, 0) is 53.9 Å². The molecule has 5 rings (SSSR count). The summed E-state index contributed by atoms with van der Waals surface area (Å²) in [4.78, 5) is 29.3. The number of hydrogen-bond acceptors (Lipinski definition) is 5. The normalized spacial score (nSPS) is 15.3. The summed E-state index contributed by atoms with van der Waals surface area (Å²) < 4.78 is 22.1. The van der Waals surface area contributed by atoms with Gasteiger partial charge >= 0.3 is 0 Å². The van der Waals surface area contributed by atoms with Gasteiger partial charge in [-0.25, -0.2) is 4.98 Å². The Balaban J connectivity index is 1.27. The molecule has 1 atom stereocenters. The molecule has 0 aliphatic carbocycles. The second-order valence-corrected chi connectivity index (χ2v) is 9.03. The third-order valence-corrected chi connectivity index (χ3v) is 6.82. The Morgan fingerprint density at radius 2 is 1.88 bits per heavy atom. The zero-order chi connectivity index (χ0) is 22.8. The van der Waals surface area contributed by atoms with Crippen LogP contribution in [0.5, 0.6) is 5.75 Å². The minimum Gasteiger partial charge on any atom is -0.489 e. The molecule has 2 aromatic carbocycles. The van der Waals surface area contributed by atoms with E-state index < -0.39 is 12.0 Å². The standard InChI is InChI=1S/C26H21FN2O3S/c27-26-25(18-8-10-19(11-9-18)32-16-17-5-2-1-3-6-17)33-24(28-26)15-23(31)21-12-13-22(30)20-7-4-14-29(20)21/h1-11,14,21H,12-13,15-16H2. The maximum Gasteiger partial charge on any atom is 0.231 e. The van der Waals surface area contributed by atoms with E-state index in [1.165, 1.54) is 11.3 Å². The molecule has 0 amide bonds. The number of fused-ring (bicyclic) bond motifs is 1. The maximum atomic E-state index is 14.6. The Kier molecular flexibility index (Phi) is 5.88. The van der Waals surface area contributed by atoms with Gasteiger partial charge in [0.1, 0.15) is 17.4 Å². The number of ether oxygens (including phenoxy) is 1. The van der Waals surface area contributed by atoms with Crippen LogP contribution in [0.4, 0.5) is 4.39 Å². The number of rotatable bonds is 7. The number of thiazole rings is 1. The van der Waals surface area contributed by atoms with E-state index >= 15 is 0 Å². The molecule has 1 aliphatic heterocycles. The number of hydrogen-bond donors (Lipinski definition) is 0. The van der Waals surface area contributed by atoms with Crippen LogP contribution in [0.3, 0.4) is 0 Å². The van der Waals surface area contributed by atoms with E-state index in [1.54, 1.807) is 47.2 Å². The van der Waals surface area contributed by atoms with Crippen molar-refractivity contribution in [1.82, 2.24) is 9.55 Å². The zero-order valence-electron chi connectivity index (χ0n) is 17.7. The van der Waals surface area contributed by atoms with E-state index in [-0.39, 0.29) is 18.0 Å². The summed E-state index contributed by atoms with van der Waals surface area (Å²) in [5, 5.41) is 0.433. The lowest BCUT2D eigenvalue weighted by Gasteiger charge is -2.24. The largest absolute Gasteiger partial charge is 0.489 e. The van der Waals surface area contributed by atoms with Crippen molar-refractivity contribution in [1.29, 1.82) is 0 Å². The molecule has 0 bridgehead atoms. The number of carbonyl (C=O) groups excluding carboxylic acids is 2. The molecule has 33 heavy (non-hydrogen) atoms. The van der Waals surface area contributed by atoms with Gasteiger partial charge in [-0.15, -0.1) is 11.3 Å². The number of benzene rings is 2. The smallest absolute Gasteiger partial charge is 0.231 e. The number of aromatic nitrogens is 2. The van der Waals surface area contributed by atoms with Gasteiger partial charge in [0.15, 0.2) is 11.6 Å².